The molecule has 0 nitrogen and oxygen atoms in total. The van der Waals surface area contributed by atoms with Gasteiger partial charge >= 0.3 is 0 Å². The first kappa shape index (κ1) is 37.6. The van der Waals surface area contributed by atoms with Crippen LogP contribution in [-0.2, 0) is 0 Å². The van der Waals surface area contributed by atoms with Gasteiger partial charge in [-0.3, -0.25) is 0 Å². The van der Waals surface area contributed by atoms with Crippen LogP contribution in [0.2, 0.25) is 0 Å². The molecule has 0 saturated carbocycles. The van der Waals surface area contributed by atoms with Crippen LogP contribution in [0.5, 0.6) is 0 Å². The topological polar surface area (TPSA) is 0 Å². The van der Waals surface area contributed by atoms with E-state index in [9.17, 15) is 0 Å². The Morgan fingerprint density at radius 3 is 0.643 bits per heavy atom. The number of benzene rings is 4. The minimum Gasteiger partial charge on any atom is -0.142 e. The van der Waals surface area contributed by atoms with Crippen LogP contribution in [0.25, 0.3) is 33.4 Å². The molecule has 0 saturated heterocycles. The first-order valence-corrected chi connectivity index (χ1v) is 18.7. The first-order chi connectivity index (χ1) is 19.4. The Balaban J connectivity index is 2.42. The zero-order valence-corrected chi connectivity index (χ0v) is 35.8. The molecule has 4 rings (SSSR count). The summed E-state index contributed by atoms with van der Waals surface area (Å²) >= 11 is 81.6. The van der Waals surface area contributed by atoms with Crippen LogP contribution in [0.4, 0.5) is 0 Å². The highest BCUT2D eigenvalue weighted by molar-refractivity contribution is 7.88. The van der Waals surface area contributed by atoms with E-state index in [4.69, 9.17) is 164 Å². The van der Waals surface area contributed by atoms with Crippen molar-refractivity contribution in [1.29, 1.82) is 0 Å². The molecule has 0 unspecified atom stereocenters. The van der Waals surface area contributed by atoms with Crippen LogP contribution in [0.1, 0.15) is 5.56 Å². The molecule has 17 heteroatoms. The van der Waals surface area contributed by atoms with Crippen LogP contribution >= 0.6 is 215 Å². The van der Waals surface area contributed by atoms with E-state index in [0.29, 0.717) is 117 Å². The Kier molecular flexibility index (Phi) is 12.9. The quantitative estimate of drug-likeness (QED) is 0.0887. The van der Waals surface area contributed by atoms with Crippen molar-refractivity contribution in [3.63, 3.8) is 0 Å². The lowest BCUT2D eigenvalue weighted by molar-refractivity contribution is 0.966. The van der Waals surface area contributed by atoms with Gasteiger partial charge in [0.1, 0.15) is 0 Å². The maximum atomic E-state index is 5.01. The van der Waals surface area contributed by atoms with Gasteiger partial charge in [0.15, 0.2) is 0 Å². The Morgan fingerprint density at radius 1 is 0.190 bits per heavy atom. The van der Waals surface area contributed by atoms with E-state index >= 15 is 0 Å². The van der Waals surface area contributed by atoms with Crippen molar-refractivity contribution in [2.45, 2.75) is 90.1 Å². The van der Waals surface area contributed by atoms with Crippen molar-refractivity contribution in [1.82, 2.24) is 0 Å². The molecule has 0 aliphatic carbocycles. The standard InChI is InChI=1S/C25H20S17/c1-2-9(26)5(7-14(31)20(37)24(41)21(38)15(7)32)3(11(28)10(2)27)4-6(13(30)19(36)18(35)12(4)29)8-16(33)22(39)25(42)23(40)17(8)34/h26-42H,1H3. The maximum absolute atomic E-state index is 5.01. The summed E-state index contributed by atoms with van der Waals surface area (Å²) in [6, 6.07) is 0. The third-order valence-electron chi connectivity index (χ3n) is 6.55. The smallest absolute Gasteiger partial charge is 0.0331 e. The lowest BCUT2D eigenvalue weighted by Gasteiger charge is -2.28. The van der Waals surface area contributed by atoms with Crippen LogP contribution in [0.15, 0.2) is 83.2 Å². The van der Waals surface area contributed by atoms with E-state index in [1.54, 1.807) is 0 Å². The van der Waals surface area contributed by atoms with Crippen molar-refractivity contribution in [2.24, 2.45) is 0 Å². The molecule has 0 amide bonds. The van der Waals surface area contributed by atoms with Gasteiger partial charge < -0.3 is 0 Å². The third kappa shape index (κ3) is 6.10. The lowest BCUT2D eigenvalue weighted by Crippen LogP contribution is -2.03. The molecule has 0 fully saturated rings. The molecule has 0 bridgehead atoms. The summed E-state index contributed by atoms with van der Waals surface area (Å²) < 4.78 is 0. The van der Waals surface area contributed by atoms with Gasteiger partial charge in [-0.2, -0.15) is 0 Å². The number of hydrogen-bond acceptors (Lipinski definition) is 17. The zero-order valence-electron chi connectivity index (χ0n) is 20.6. The number of thiol groups is 17. The second kappa shape index (κ2) is 14.4. The molecule has 0 radical (unpaired) electrons. The molecule has 0 spiro atoms. The van der Waals surface area contributed by atoms with Gasteiger partial charge in [-0.25, -0.2) is 0 Å². The van der Waals surface area contributed by atoms with Gasteiger partial charge in [-0.05, 0) is 12.5 Å². The third-order valence-corrected chi connectivity index (χ3v) is 16.5. The lowest BCUT2D eigenvalue weighted by atomic mass is 9.87. The van der Waals surface area contributed by atoms with E-state index in [1.165, 1.54) is 0 Å². The Labute approximate surface area is 339 Å². The highest BCUT2D eigenvalue weighted by atomic mass is 32.1. The van der Waals surface area contributed by atoms with Crippen molar-refractivity contribution in [3.05, 3.63) is 5.56 Å². The monoisotopic (exact) mass is 864 g/mol. The molecule has 4 aromatic carbocycles. The minimum atomic E-state index is 0.485. The van der Waals surface area contributed by atoms with Crippen molar-refractivity contribution in [2.75, 3.05) is 0 Å². The van der Waals surface area contributed by atoms with Gasteiger partial charge in [-0.15, -0.1) is 215 Å². The van der Waals surface area contributed by atoms with Crippen LogP contribution in [0.3, 0.4) is 0 Å². The average Bonchev–Trinajstić information content (AvgIpc) is 2.96. The molecule has 4 aromatic rings. The highest BCUT2D eigenvalue weighted by Gasteiger charge is 2.32. The molecular weight excluding hydrogens is 845 g/mol. The van der Waals surface area contributed by atoms with Crippen molar-refractivity contribution < 1.29 is 0 Å². The van der Waals surface area contributed by atoms with Gasteiger partial charge in [-0.1, -0.05) is 0 Å². The summed E-state index contributed by atoms with van der Waals surface area (Å²) in [5, 5.41) is 0. The van der Waals surface area contributed by atoms with Crippen LogP contribution < -0.4 is 0 Å². The van der Waals surface area contributed by atoms with Crippen LogP contribution in [-0.4, -0.2) is 0 Å². The summed E-state index contributed by atoms with van der Waals surface area (Å²) in [5.41, 5.74) is 4.41. The summed E-state index contributed by atoms with van der Waals surface area (Å²) in [5.74, 6) is 0. The highest BCUT2D eigenvalue weighted by Crippen LogP contribution is 2.58. The minimum absolute atomic E-state index is 0.485. The molecule has 0 aliphatic rings. The van der Waals surface area contributed by atoms with E-state index in [1.807, 2.05) is 6.92 Å². The summed E-state index contributed by atoms with van der Waals surface area (Å²) in [6.45, 7) is 1.90. The molecule has 42 heavy (non-hydrogen) atoms. The molecule has 0 aromatic heterocycles. The first-order valence-electron chi connectivity index (χ1n) is 11.1. The fourth-order valence-electron chi connectivity index (χ4n) is 4.35. The predicted octanol–water partition coefficient (Wildman–Crippen LogP) is 11.9. The van der Waals surface area contributed by atoms with Gasteiger partial charge in [0.25, 0.3) is 0 Å². The van der Waals surface area contributed by atoms with Crippen LogP contribution in [0, 0.1) is 6.92 Å². The van der Waals surface area contributed by atoms with Crippen molar-refractivity contribution in [3.8, 4) is 33.4 Å². The fourth-order valence-corrected chi connectivity index (χ4v) is 10.1. The van der Waals surface area contributed by atoms with Crippen molar-refractivity contribution >= 4 is 215 Å². The Hall–Kier alpha value is 2.83. The number of hydrogen-bond donors (Lipinski definition) is 17. The normalized spacial score (nSPS) is 11.6. The fraction of sp³-hybridized carbons (Fsp3) is 0.0400. The summed E-state index contributed by atoms with van der Waals surface area (Å²) in [6.07, 6.45) is 0. The molecule has 222 valence electrons. The number of rotatable bonds is 3. The predicted molar refractivity (Wildman–Crippen MR) is 231 cm³/mol. The van der Waals surface area contributed by atoms with E-state index in [0.717, 1.165) is 5.56 Å². The molecule has 0 atom stereocenters. The van der Waals surface area contributed by atoms with E-state index in [2.05, 4.69) is 50.5 Å². The summed E-state index contributed by atoms with van der Waals surface area (Å²) in [4.78, 5) is 8.87. The molecule has 0 N–H and O–H groups in total. The Bertz CT molecular complexity index is 1670. The average molecular weight is 866 g/mol. The maximum Gasteiger partial charge on any atom is 0.0331 e. The van der Waals surface area contributed by atoms with E-state index in [-0.39, 0.29) is 0 Å². The molecule has 0 heterocycles. The molecule has 0 aliphatic heterocycles. The van der Waals surface area contributed by atoms with E-state index < -0.39 is 0 Å². The molecular formula is C25H20S17. The SMILES string of the molecule is Cc1c(S)c(S)c(-c2c(S)c(S)c(S)c(S)c2-c2c(S)c(S)c(S)c(S)c2S)c(-c2c(S)c(S)c(S)c(S)c2S)c1S. The Morgan fingerprint density at radius 2 is 0.357 bits per heavy atom. The second-order valence-corrected chi connectivity index (χ2v) is 16.4. The largest absolute Gasteiger partial charge is 0.142 e. The summed E-state index contributed by atoms with van der Waals surface area (Å²) in [7, 11) is 0. The second-order valence-electron chi connectivity index (χ2n) is 8.80. The van der Waals surface area contributed by atoms with Gasteiger partial charge in [0, 0.05) is 117 Å². The van der Waals surface area contributed by atoms with Gasteiger partial charge in [0.05, 0.1) is 0 Å². The van der Waals surface area contributed by atoms with Gasteiger partial charge in [0.2, 0.25) is 0 Å². The zero-order chi connectivity index (χ0) is 31.9.